The average Bonchev–Trinajstić information content (AvgIpc) is 3.04. The lowest BCUT2D eigenvalue weighted by Gasteiger charge is -2.15. The first-order chi connectivity index (χ1) is 7.22. The molecule has 0 radical (unpaired) electrons. The fourth-order valence-electron chi connectivity index (χ4n) is 1.72. The predicted octanol–water partition coefficient (Wildman–Crippen LogP) is 2.00. The third-order valence-corrected chi connectivity index (χ3v) is 2.92. The van der Waals surface area contributed by atoms with Crippen LogP contribution in [0.1, 0.15) is 25.3 Å². The largest absolute Gasteiger partial charge is 0.481 e. The first kappa shape index (κ1) is 10.2. The Kier molecular flexibility index (Phi) is 2.75. The minimum atomic E-state index is 0.489. The van der Waals surface area contributed by atoms with Crippen LogP contribution in [0.2, 0.25) is 0 Å². The van der Waals surface area contributed by atoms with Crippen molar-refractivity contribution in [3.05, 3.63) is 11.9 Å². The Balaban J connectivity index is 2.12. The number of methoxy groups -OCH3 is 1. The predicted molar refractivity (Wildman–Crippen MR) is 59.1 cm³/mol. The number of hydrogen-bond acceptors (Lipinski definition) is 4. The Morgan fingerprint density at radius 3 is 2.80 bits per heavy atom. The molecule has 1 atom stereocenters. The molecule has 1 aromatic heterocycles. The minimum Gasteiger partial charge on any atom is -0.481 e. The van der Waals surface area contributed by atoms with Gasteiger partial charge >= 0.3 is 0 Å². The van der Waals surface area contributed by atoms with Crippen molar-refractivity contribution in [1.82, 2.24) is 9.97 Å². The minimum absolute atomic E-state index is 0.489. The molecule has 0 amide bonds. The van der Waals surface area contributed by atoms with Gasteiger partial charge in [-0.3, -0.25) is 0 Å². The molecule has 4 heteroatoms. The van der Waals surface area contributed by atoms with Gasteiger partial charge in [-0.05, 0) is 32.6 Å². The van der Waals surface area contributed by atoms with Crippen LogP contribution in [0.4, 0.5) is 5.82 Å². The standard InChI is InChI=1S/C11H17N3O/c1-7-10(12-6-13-11(7)15-3)14-8(2)9-4-5-9/h6,8-9H,4-5H2,1-3H3,(H,12,13,14). The van der Waals surface area contributed by atoms with Gasteiger partial charge in [0.15, 0.2) is 0 Å². The molecule has 1 heterocycles. The van der Waals surface area contributed by atoms with E-state index < -0.39 is 0 Å². The Labute approximate surface area is 90.1 Å². The summed E-state index contributed by atoms with van der Waals surface area (Å²) in [4.78, 5) is 8.29. The third-order valence-electron chi connectivity index (χ3n) is 2.92. The number of hydrogen-bond donors (Lipinski definition) is 1. The summed E-state index contributed by atoms with van der Waals surface area (Å²) < 4.78 is 5.15. The lowest BCUT2D eigenvalue weighted by Crippen LogP contribution is -2.19. The first-order valence-electron chi connectivity index (χ1n) is 5.34. The Morgan fingerprint density at radius 2 is 2.20 bits per heavy atom. The van der Waals surface area contributed by atoms with Crippen LogP contribution >= 0.6 is 0 Å². The van der Waals surface area contributed by atoms with Gasteiger partial charge in [-0.1, -0.05) is 0 Å². The molecule has 0 bridgehead atoms. The highest BCUT2D eigenvalue weighted by Gasteiger charge is 2.28. The second kappa shape index (κ2) is 4.04. The van der Waals surface area contributed by atoms with Gasteiger partial charge in [-0.15, -0.1) is 0 Å². The van der Waals surface area contributed by atoms with Crippen molar-refractivity contribution in [1.29, 1.82) is 0 Å². The van der Waals surface area contributed by atoms with Crippen LogP contribution in [-0.2, 0) is 0 Å². The van der Waals surface area contributed by atoms with Crippen LogP contribution in [0.3, 0.4) is 0 Å². The number of aromatic nitrogens is 2. The van der Waals surface area contributed by atoms with Crippen LogP contribution in [0.15, 0.2) is 6.33 Å². The smallest absolute Gasteiger partial charge is 0.221 e. The lowest BCUT2D eigenvalue weighted by molar-refractivity contribution is 0.393. The number of ether oxygens (including phenoxy) is 1. The normalized spacial score (nSPS) is 17.3. The van der Waals surface area contributed by atoms with Gasteiger partial charge in [-0.25, -0.2) is 9.97 Å². The van der Waals surface area contributed by atoms with Crippen molar-refractivity contribution in [3.63, 3.8) is 0 Å². The van der Waals surface area contributed by atoms with Crippen molar-refractivity contribution in [2.24, 2.45) is 5.92 Å². The molecule has 1 aliphatic rings. The van der Waals surface area contributed by atoms with Crippen molar-refractivity contribution < 1.29 is 4.74 Å². The number of anilines is 1. The van der Waals surface area contributed by atoms with E-state index in [1.807, 2.05) is 6.92 Å². The van der Waals surface area contributed by atoms with E-state index in [1.165, 1.54) is 19.2 Å². The summed E-state index contributed by atoms with van der Waals surface area (Å²) in [6.45, 7) is 4.17. The lowest BCUT2D eigenvalue weighted by atomic mass is 10.2. The second-order valence-corrected chi connectivity index (χ2v) is 4.13. The molecule has 0 aromatic carbocycles. The quantitative estimate of drug-likeness (QED) is 0.820. The average molecular weight is 207 g/mol. The molecular formula is C11H17N3O. The molecule has 1 fully saturated rings. The Morgan fingerprint density at radius 1 is 1.47 bits per heavy atom. The highest BCUT2D eigenvalue weighted by Crippen LogP contribution is 2.34. The molecule has 82 valence electrons. The maximum Gasteiger partial charge on any atom is 0.221 e. The highest BCUT2D eigenvalue weighted by atomic mass is 16.5. The van der Waals surface area contributed by atoms with E-state index in [2.05, 4.69) is 22.2 Å². The summed E-state index contributed by atoms with van der Waals surface area (Å²) in [5, 5.41) is 3.42. The van der Waals surface area contributed by atoms with E-state index in [1.54, 1.807) is 7.11 Å². The highest BCUT2D eigenvalue weighted by molar-refractivity contribution is 5.48. The summed E-state index contributed by atoms with van der Waals surface area (Å²) in [6, 6.07) is 0.489. The van der Waals surface area contributed by atoms with Crippen LogP contribution in [-0.4, -0.2) is 23.1 Å². The number of nitrogens with zero attached hydrogens (tertiary/aromatic N) is 2. The Hall–Kier alpha value is -1.32. The summed E-state index contributed by atoms with van der Waals surface area (Å²) in [5.41, 5.74) is 0.979. The van der Waals surface area contributed by atoms with Crippen LogP contribution in [0.25, 0.3) is 0 Å². The molecule has 1 N–H and O–H groups in total. The van der Waals surface area contributed by atoms with E-state index in [4.69, 9.17) is 4.74 Å². The SMILES string of the molecule is COc1ncnc(NC(C)C2CC2)c1C. The molecule has 1 unspecified atom stereocenters. The zero-order chi connectivity index (χ0) is 10.8. The Bertz CT molecular complexity index is 350. The third kappa shape index (κ3) is 2.19. The topological polar surface area (TPSA) is 47.0 Å². The van der Waals surface area contributed by atoms with Gasteiger partial charge in [0.05, 0.1) is 12.7 Å². The number of rotatable bonds is 4. The monoisotopic (exact) mass is 207 g/mol. The van der Waals surface area contributed by atoms with Gasteiger partial charge in [-0.2, -0.15) is 0 Å². The van der Waals surface area contributed by atoms with Crippen LogP contribution in [0.5, 0.6) is 5.88 Å². The molecule has 2 rings (SSSR count). The molecule has 0 spiro atoms. The first-order valence-corrected chi connectivity index (χ1v) is 5.34. The van der Waals surface area contributed by atoms with E-state index in [-0.39, 0.29) is 0 Å². The molecule has 1 saturated carbocycles. The molecule has 0 saturated heterocycles. The maximum atomic E-state index is 5.15. The van der Waals surface area contributed by atoms with E-state index in [9.17, 15) is 0 Å². The van der Waals surface area contributed by atoms with Gasteiger partial charge in [0.25, 0.3) is 0 Å². The summed E-state index contributed by atoms with van der Waals surface area (Å²) >= 11 is 0. The number of nitrogens with one attached hydrogen (secondary N) is 1. The van der Waals surface area contributed by atoms with Crippen molar-refractivity contribution in [2.45, 2.75) is 32.7 Å². The summed E-state index contributed by atoms with van der Waals surface area (Å²) in [5.74, 6) is 2.35. The van der Waals surface area contributed by atoms with E-state index in [0.717, 1.165) is 17.3 Å². The molecule has 1 aliphatic carbocycles. The van der Waals surface area contributed by atoms with Gasteiger partial charge < -0.3 is 10.1 Å². The van der Waals surface area contributed by atoms with Gasteiger partial charge in [0, 0.05) is 6.04 Å². The second-order valence-electron chi connectivity index (χ2n) is 4.13. The van der Waals surface area contributed by atoms with Crippen molar-refractivity contribution >= 4 is 5.82 Å². The van der Waals surface area contributed by atoms with Crippen molar-refractivity contribution in [3.8, 4) is 5.88 Å². The molecular weight excluding hydrogens is 190 g/mol. The molecule has 4 nitrogen and oxygen atoms in total. The molecule has 0 aliphatic heterocycles. The van der Waals surface area contributed by atoms with E-state index >= 15 is 0 Å². The van der Waals surface area contributed by atoms with Crippen molar-refractivity contribution in [2.75, 3.05) is 12.4 Å². The molecule has 1 aromatic rings. The van der Waals surface area contributed by atoms with Gasteiger partial charge in [0.2, 0.25) is 5.88 Å². The fourth-order valence-corrected chi connectivity index (χ4v) is 1.72. The summed E-state index contributed by atoms with van der Waals surface area (Å²) in [7, 11) is 1.63. The van der Waals surface area contributed by atoms with E-state index in [0.29, 0.717) is 11.9 Å². The summed E-state index contributed by atoms with van der Waals surface area (Å²) in [6.07, 6.45) is 4.19. The zero-order valence-corrected chi connectivity index (χ0v) is 9.45. The zero-order valence-electron chi connectivity index (χ0n) is 9.45. The molecule has 15 heavy (non-hydrogen) atoms. The van der Waals surface area contributed by atoms with Crippen LogP contribution < -0.4 is 10.1 Å². The maximum absolute atomic E-state index is 5.15. The fraction of sp³-hybridized carbons (Fsp3) is 0.636. The van der Waals surface area contributed by atoms with Gasteiger partial charge in [0.1, 0.15) is 12.1 Å². The van der Waals surface area contributed by atoms with Crippen LogP contribution in [0, 0.1) is 12.8 Å².